The molecule has 2 aliphatic heterocycles. The number of aromatic nitrogens is 2. The van der Waals surface area contributed by atoms with E-state index in [-0.39, 0.29) is 23.4 Å². The van der Waals surface area contributed by atoms with Crippen LogP contribution in [-0.2, 0) is 27.8 Å². The van der Waals surface area contributed by atoms with Crippen molar-refractivity contribution in [3.05, 3.63) is 41.3 Å². The molecule has 0 aliphatic carbocycles. The van der Waals surface area contributed by atoms with Gasteiger partial charge in [0, 0.05) is 32.3 Å². The molecule has 0 spiro atoms. The van der Waals surface area contributed by atoms with Crippen molar-refractivity contribution in [2.75, 3.05) is 38.3 Å². The first-order chi connectivity index (χ1) is 14.8. The number of amides is 1. The smallest absolute Gasteiger partial charge is 0.243 e. The molecule has 10 heteroatoms. The van der Waals surface area contributed by atoms with E-state index in [1.807, 2.05) is 0 Å². The van der Waals surface area contributed by atoms with Crippen molar-refractivity contribution >= 4 is 27.4 Å². The van der Waals surface area contributed by atoms with E-state index in [0.29, 0.717) is 30.0 Å². The van der Waals surface area contributed by atoms with Crippen molar-refractivity contribution < 1.29 is 13.2 Å². The lowest BCUT2D eigenvalue weighted by Gasteiger charge is -2.22. The van der Waals surface area contributed by atoms with Crippen LogP contribution in [0.25, 0.3) is 0 Å². The molecular formula is C21H28N6O3S. The maximum absolute atomic E-state index is 13.2. The molecule has 0 bridgehead atoms. The molecule has 0 radical (unpaired) electrons. The molecule has 31 heavy (non-hydrogen) atoms. The molecule has 166 valence electrons. The van der Waals surface area contributed by atoms with Gasteiger partial charge in [0.25, 0.3) is 0 Å². The number of benzene rings is 1. The van der Waals surface area contributed by atoms with Crippen LogP contribution < -0.4 is 10.6 Å². The van der Waals surface area contributed by atoms with E-state index in [4.69, 9.17) is 4.98 Å². The average Bonchev–Trinajstić information content (AvgIpc) is 3.18. The number of sulfonamides is 1. The van der Waals surface area contributed by atoms with Crippen molar-refractivity contribution in [1.29, 1.82) is 0 Å². The summed E-state index contributed by atoms with van der Waals surface area (Å²) in [5.74, 6) is 1.35. The lowest BCUT2D eigenvalue weighted by Crippen LogP contribution is -2.28. The van der Waals surface area contributed by atoms with Crippen LogP contribution in [0.4, 0.5) is 11.5 Å². The van der Waals surface area contributed by atoms with Gasteiger partial charge in [-0.25, -0.2) is 18.4 Å². The second-order valence-corrected chi connectivity index (χ2v) is 10.2. The van der Waals surface area contributed by atoms with Crippen molar-refractivity contribution in [2.24, 2.45) is 0 Å². The number of hydrogen-bond donors (Lipinski definition) is 2. The lowest BCUT2D eigenvalue weighted by atomic mass is 10.0. The van der Waals surface area contributed by atoms with E-state index in [2.05, 4.69) is 27.6 Å². The molecule has 9 nitrogen and oxygen atoms in total. The van der Waals surface area contributed by atoms with Gasteiger partial charge in [0.15, 0.2) is 0 Å². The highest BCUT2D eigenvalue weighted by atomic mass is 32.2. The van der Waals surface area contributed by atoms with Crippen molar-refractivity contribution in [2.45, 2.75) is 43.2 Å². The van der Waals surface area contributed by atoms with Crippen molar-refractivity contribution in [1.82, 2.24) is 19.2 Å². The van der Waals surface area contributed by atoms with Crippen LogP contribution in [0.2, 0.25) is 0 Å². The van der Waals surface area contributed by atoms with Gasteiger partial charge in [-0.3, -0.25) is 9.69 Å². The Balaban J connectivity index is 1.58. The minimum atomic E-state index is -3.72. The van der Waals surface area contributed by atoms with E-state index in [1.165, 1.54) is 10.4 Å². The van der Waals surface area contributed by atoms with Gasteiger partial charge in [-0.1, -0.05) is 0 Å². The normalized spacial score (nSPS) is 19.4. The molecule has 2 aliphatic rings. The van der Waals surface area contributed by atoms with Crippen LogP contribution >= 0.6 is 0 Å². The molecule has 1 aromatic carbocycles. The number of nitrogens with one attached hydrogen (secondary N) is 2. The summed E-state index contributed by atoms with van der Waals surface area (Å²) in [5, 5.41) is 5.84. The number of carbonyl (C=O) groups excluding carboxylic acids is 1. The van der Waals surface area contributed by atoms with E-state index < -0.39 is 10.0 Å². The Kier molecular flexibility index (Phi) is 5.96. The number of nitrogens with zero attached hydrogens (tertiary/aromatic N) is 4. The van der Waals surface area contributed by atoms with Crippen LogP contribution in [0.1, 0.15) is 42.4 Å². The zero-order chi connectivity index (χ0) is 22.2. The van der Waals surface area contributed by atoms with Gasteiger partial charge >= 0.3 is 0 Å². The second kappa shape index (κ2) is 8.52. The van der Waals surface area contributed by atoms with Gasteiger partial charge in [-0.2, -0.15) is 4.31 Å². The number of hydrogen-bond acceptors (Lipinski definition) is 7. The Labute approximate surface area is 182 Å². The number of anilines is 2. The summed E-state index contributed by atoms with van der Waals surface area (Å²) in [7, 11) is 1.69. The van der Waals surface area contributed by atoms with E-state index >= 15 is 0 Å². The van der Waals surface area contributed by atoms with Crippen molar-refractivity contribution in [3.63, 3.8) is 0 Å². The Bertz CT molecular complexity index is 1100. The molecule has 3 heterocycles. The minimum Gasteiger partial charge on any atom is -0.373 e. The van der Waals surface area contributed by atoms with Crippen LogP contribution in [0.15, 0.2) is 29.2 Å². The van der Waals surface area contributed by atoms with Crippen LogP contribution in [0.5, 0.6) is 0 Å². The van der Waals surface area contributed by atoms with Crippen LogP contribution in [0.3, 0.4) is 0 Å². The molecule has 1 atom stereocenters. The van der Waals surface area contributed by atoms with Gasteiger partial charge in [0.05, 0.1) is 23.2 Å². The predicted octanol–water partition coefficient (Wildman–Crippen LogP) is 1.99. The zero-order valence-electron chi connectivity index (χ0n) is 18.1. The zero-order valence-corrected chi connectivity index (χ0v) is 18.9. The number of rotatable bonds is 6. The Hall–Kier alpha value is -2.56. The van der Waals surface area contributed by atoms with E-state index in [0.717, 1.165) is 30.8 Å². The topological polar surface area (TPSA) is 108 Å². The highest BCUT2D eigenvalue weighted by Gasteiger charge is 2.28. The summed E-state index contributed by atoms with van der Waals surface area (Å²) < 4.78 is 27.7. The fourth-order valence-electron chi connectivity index (χ4n) is 4.13. The largest absolute Gasteiger partial charge is 0.373 e. The summed E-state index contributed by atoms with van der Waals surface area (Å²) >= 11 is 0. The molecule has 0 saturated carbocycles. The third-order valence-corrected chi connectivity index (χ3v) is 7.74. The number of fused-ring (bicyclic) bond motifs is 1. The van der Waals surface area contributed by atoms with Gasteiger partial charge in [-0.15, -0.1) is 0 Å². The fourth-order valence-corrected chi connectivity index (χ4v) is 5.32. The molecule has 1 fully saturated rings. The van der Waals surface area contributed by atoms with Crippen LogP contribution in [0, 0.1) is 0 Å². The third kappa shape index (κ3) is 4.41. The summed E-state index contributed by atoms with van der Waals surface area (Å²) in [4.78, 5) is 23.3. The quantitative estimate of drug-likeness (QED) is 0.702. The first kappa shape index (κ1) is 21.7. The maximum atomic E-state index is 13.2. The summed E-state index contributed by atoms with van der Waals surface area (Å²) in [5.41, 5.74) is 2.16. The van der Waals surface area contributed by atoms with Gasteiger partial charge in [-0.05, 0) is 56.6 Å². The number of carbonyl (C=O) groups is 1. The third-order valence-electron chi connectivity index (χ3n) is 5.94. The SMILES string of the molecule is CNc1cc(CN(C)S(=O)(=O)c2ccc3c(c2)CCC(=O)N3)nc([C@H]2CCCN2C)n1. The van der Waals surface area contributed by atoms with Gasteiger partial charge in [0.1, 0.15) is 11.6 Å². The Morgan fingerprint density at radius 1 is 1.26 bits per heavy atom. The van der Waals surface area contributed by atoms with E-state index in [1.54, 1.807) is 32.3 Å². The van der Waals surface area contributed by atoms with Crippen LogP contribution in [-0.4, -0.2) is 61.2 Å². The second-order valence-electron chi connectivity index (χ2n) is 8.12. The summed E-state index contributed by atoms with van der Waals surface area (Å²) in [6, 6.07) is 6.77. The molecule has 1 saturated heterocycles. The Morgan fingerprint density at radius 2 is 2.06 bits per heavy atom. The monoisotopic (exact) mass is 444 g/mol. The van der Waals surface area contributed by atoms with Crippen molar-refractivity contribution in [3.8, 4) is 0 Å². The molecule has 0 unspecified atom stereocenters. The number of likely N-dealkylation sites (tertiary alicyclic amines) is 1. The lowest BCUT2D eigenvalue weighted by molar-refractivity contribution is -0.116. The molecule has 2 aromatic rings. The molecule has 1 amide bonds. The highest BCUT2D eigenvalue weighted by Crippen LogP contribution is 2.30. The average molecular weight is 445 g/mol. The first-order valence-corrected chi connectivity index (χ1v) is 11.9. The first-order valence-electron chi connectivity index (χ1n) is 10.4. The predicted molar refractivity (Wildman–Crippen MR) is 118 cm³/mol. The molecular weight excluding hydrogens is 416 g/mol. The van der Waals surface area contributed by atoms with E-state index in [9.17, 15) is 13.2 Å². The standard InChI is InChI=1S/C21H28N6O3S/c1-22-19-12-15(23-21(25-19)18-5-4-10-26(18)2)13-27(3)31(29,30)16-7-8-17-14(11-16)6-9-20(28)24-17/h7-8,11-12,18H,4-6,9-10,13H2,1-3H3,(H,24,28)(H,22,23,25)/t18-/m1/s1. The molecule has 4 rings (SSSR count). The summed E-state index contributed by atoms with van der Waals surface area (Å²) in [6.45, 7) is 1.14. The fraction of sp³-hybridized carbons (Fsp3) is 0.476. The van der Waals surface area contributed by atoms with Gasteiger partial charge < -0.3 is 10.6 Å². The maximum Gasteiger partial charge on any atom is 0.243 e. The molecule has 2 N–H and O–H groups in total. The highest BCUT2D eigenvalue weighted by molar-refractivity contribution is 7.89. The Morgan fingerprint density at radius 3 is 2.77 bits per heavy atom. The number of aryl methyl sites for hydroxylation is 1. The minimum absolute atomic E-state index is 0.0481. The van der Waals surface area contributed by atoms with Gasteiger partial charge in [0.2, 0.25) is 15.9 Å². The summed E-state index contributed by atoms with van der Waals surface area (Å²) in [6.07, 6.45) is 2.97. The molecule has 1 aromatic heterocycles.